The van der Waals surface area contributed by atoms with Crippen molar-refractivity contribution in [2.75, 3.05) is 6.54 Å². The van der Waals surface area contributed by atoms with E-state index in [2.05, 4.69) is 26.3 Å². The van der Waals surface area contributed by atoms with Gasteiger partial charge in [0.1, 0.15) is 35.7 Å². The van der Waals surface area contributed by atoms with Gasteiger partial charge in [-0.25, -0.2) is 4.79 Å². The lowest BCUT2D eigenvalue weighted by atomic mass is 10.0. The molecule has 294 valence electrons. The zero-order valence-corrected chi connectivity index (χ0v) is 29.8. The lowest BCUT2D eigenvalue weighted by Gasteiger charge is -2.26. The Morgan fingerprint density at radius 1 is 0.582 bits per heavy atom. The molecule has 0 unspecified atom stereocenters. The summed E-state index contributed by atoms with van der Waals surface area (Å²) in [6.07, 6.45) is -0.871. The minimum atomic E-state index is -1.77. The smallest absolute Gasteiger partial charge is 0.326 e. The molecule has 0 fully saturated rings. The van der Waals surface area contributed by atoms with Gasteiger partial charge in [0.2, 0.25) is 23.6 Å². The van der Waals surface area contributed by atoms with Gasteiger partial charge in [0.05, 0.1) is 12.5 Å². The van der Waals surface area contributed by atoms with Gasteiger partial charge in [-0.15, -0.1) is 0 Å². The van der Waals surface area contributed by atoms with Crippen molar-refractivity contribution in [2.45, 2.75) is 68.7 Å². The van der Waals surface area contributed by atoms with Gasteiger partial charge in [-0.05, 0) is 53.8 Å². The fourth-order valence-electron chi connectivity index (χ4n) is 5.33. The molecule has 0 saturated carbocycles. The molecule has 5 atom stereocenters. The van der Waals surface area contributed by atoms with E-state index in [-0.39, 0.29) is 49.7 Å². The summed E-state index contributed by atoms with van der Waals surface area (Å²) in [5, 5.41) is 48.5. The van der Waals surface area contributed by atoms with E-state index >= 15 is 0 Å². The van der Waals surface area contributed by atoms with Gasteiger partial charge in [0, 0.05) is 25.8 Å². The van der Waals surface area contributed by atoms with Gasteiger partial charge in [0.15, 0.2) is 5.96 Å². The molecule has 0 aliphatic rings. The van der Waals surface area contributed by atoms with Crippen LogP contribution in [0.15, 0.2) is 83.9 Å². The highest BCUT2D eigenvalue weighted by molar-refractivity contribution is 5.96. The van der Waals surface area contributed by atoms with Gasteiger partial charge in [-0.1, -0.05) is 54.6 Å². The predicted octanol–water partition coefficient (Wildman–Crippen LogP) is -0.995. The molecule has 0 aliphatic carbocycles. The van der Waals surface area contributed by atoms with Crippen LogP contribution >= 0.6 is 0 Å². The summed E-state index contributed by atoms with van der Waals surface area (Å²) >= 11 is 0. The molecular formula is C37H46N8O10. The van der Waals surface area contributed by atoms with Gasteiger partial charge in [-0.2, -0.15) is 0 Å². The number of hydrogen-bond acceptors (Lipinski definition) is 10. The van der Waals surface area contributed by atoms with Gasteiger partial charge in [-0.3, -0.25) is 29.0 Å². The topological polar surface area (TPSA) is 322 Å². The number of carboxylic acid groups (broad SMARTS) is 2. The molecular weight excluding hydrogens is 716 g/mol. The van der Waals surface area contributed by atoms with E-state index in [0.29, 0.717) is 23.1 Å². The van der Waals surface area contributed by atoms with E-state index in [1.54, 1.807) is 30.3 Å². The number of rotatable bonds is 21. The average molecular weight is 763 g/mol. The highest BCUT2D eigenvalue weighted by Gasteiger charge is 2.33. The van der Waals surface area contributed by atoms with E-state index in [4.69, 9.17) is 17.2 Å². The van der Waals surface area contributed by atoms with Crippen LogP contribution in [0.25, 0.3) is 0 Å². The number of amides is 4. The van der Waals surface area contributed by atoms with E-state index in [1.807, 2.05) is 0 Å². The maximum Gasteiger partial charge on any atom is 0.326 e. The summed E-state index contributed by atoms with van der Waals surface area (Å²) in [5.41, 5.74) is 18.3. The maximum atomic E-state index is 13.9. The van der Waals surface area contributed by atoms with Crippen molar-refractivity contribution in [1.29, 1.82) is 0 Å². The number of carbonyl (C=O) groups excluding carboxylic acids is 4. The Morgan fingerprint density at radius 3 is 1.47 bits per heavy atom. The Labute approximate surface area is 316 Å². The molecule has 0 saturated heterocycles. The molecule has 0 aliphatic heterocycles. The van der Waals surface area contributed by atoms with Crippen LogP contribution in [0.5, 0.6) is 11.5 Å². The Hall–Kier alpha value is -6.69. The van der Waals surface area contributed by atoms with E-state index in [9.17, 15) is 49.2 Å². The number of nitrogens with one attached hydrogen (secondary N) is 4. The number of nitrogens with zero attached hydrogens (tertiary/aromatic N) is 1. The van der Waals surface area contributed by atoms with Gasteiger partial charge in [0.25, 0.3) is 0 Å². The second kappa shape index (κ2) is 21.1. The number of carbonyl (C=O) groups is 6. The summed E-state index contributed by atoms with van der Waals surface area (Å²) < 4.78 is 0. The molecule has 0 radical (unpaired) electrons. The molecule has 14 N–H and O–H groups in total. The number of benzene rings is 3. The summed E-state index contributed by atoms with van der Waals surface area (Å²) in [5.74, 6) is -6.75. The molecule has 3 rings (SSSR count). The first-order valence-electron chi connectivity index (χ1n) is 17.2. The zero-order valence-electron chi connectivity index (χ0n) is 29.8. The van der Waals surface area contributed by atoms with Crippen molar-refractivity contribution in [3.63, 3.8) is 0 Å². The summed E-state index contributed by atoms with van der Waals surface area (Å²) in [4.78, 5) is 82.0. The number of phenolic OH excluding ortho intramolecular Hbond substituents is 2. The molecule has 55 heavy (non-hydrogen) atoms. The van der Waals surface area contributed by atoms with Crippen LogP contribution in [0.4, 0.5) is 0 Å². The normalized spacial score (nSPS) is 13.5. The second-order valence-corrected chi connectivity index (χ2v) is 12.7. The second-order valence-electron chi connectivity index (χ2n) is 12.7. The summed E-state index contributed by atoms with van der Waals surface area (Å²) in [6, 6.07) is 12.8. The van der Waals surface area contributed by atoms with E-state index in [0.717, 1.165) is 0 Å². The number of aliphatic carboxylic acids is 2. The Kier molecular flexibility index (Phi) is 16.4. The minimum Gasteiger partial charge on any atom is -0.508 e. The molecule has 0 heterocycles. The maximum absolute atomic E-state index is 13.9. The molecule has 0 aromatic heterocycles. The van der Waals surface area contributed by atoms with Crippen LogP contribution in [0.3, 0.4) is 0 Å². The quantitative estimate of drug-likeness (QED) is 0.0353. The third kappa shape index (κ3) is 15.1. The van der Waals surface area contributed by atoms with Crippen molar-refractivity contribution in [1.82, 2.24) is 21.3 Å². The van der Waals surface area contributed by atoms with Crippen LogP contribution in [0.1, 0.15) is 36.0 Å². The zero-order chi connectivity index (χ0) is 40.5. The monoisotopic (exact) mass is 762 g/mol. The summed E-state index contributed by atoms with van der Waals surface area (Å²) in [7, 11) is 0. The number of hydrogen-bond donors (Lipinski definition) is 11. The van der Waals surface area contributed by atoms with Gasteiger partial charge >= 0.3 is 11.9 Å². The first kappa shape index (κ1) is 42.7. The molecule has 18 nitrogen and oxygen atoms in total. The summed E-state index contributed by atoms with van der Waals surface area (Å²) in [6.45, 7) is 0.216. The van der Waals surface area contributed by atoms with Crippen LogP contribution in [0.2, 0.25) is 0 Å². The highest BCUT2D eigenvalue weighted by Crippen LogP contribution is 2.14. The largest absolute Gasteiger partial charge is 0.508 e. The Balaban J connectivity index is 1.86. The number of carboxylic acids is 2. The number of aromatic hydroxyl groups is 2. The van der Waals surface area contributed by atoms with Crippen molar-refractivity contribution in [2.24, 2.45) is 22.2 Å². The fourth-order valence-corrected chi connectivity index (χ4v) is 5.33. The Morgan fingerprint density at radius 2 is 1.00 bits per heavy atom. The van der Waals surface area contributed by atoms with Crippen molar-refractivity contribution >= 4 is 41.5 Å². The molecule has 18 heteroatoms. The van der Waals surface area contributed by atoms with Crippen LogP contribution < -0.4 is 38.5 Å². The molecule has 3 aromatic carbocycles. The van der Waals surface area contributed by atoms with Crippen molar-refractivity contribution in [3.8, 4) is 11.5 Å². The first-order valence-corrected chi connectivity index (χ1v) is 17.2. The Bertz CT molecular complexity index is 1800. The van der Waals surface area contributed by atoms with Crippen LogP contribution in [-0.2, 0) is 48.0 Å². The lowest BCUT2D eigenvalue weighted by molar-refractivity contribution is -0.143. The van der Waals surface area contributed by atoms with E-state index in [1.165, 1.54) is 48.5 Å². The SMILES string of the molecule is NC(N)=NCCC[C@H](N)C(=O)N[C@@H](Cc1ccc(O)cc1)C(=O)N[C@@H](Cc1ccccc1)C(=O)N[C@@H](CC(=O)O)C(=O)N[C@@H](Cc1ccc(O)cc1)C(=O)O. The standard InChI is InChI=1S/C37H46N8O10/c38-26(7-4-16-41-37(39)40)32(50)42-27(18-22-8-12-24(46)13-9-22)33(51)43-28(17-21-5-2-1-3-6-21)34(52)44-29(20-31(48)49)35(53)45-30(36(54)55)19-23-10-14-25(47)15-11-23/h1-3,5-6,8-15,26-30,46-47H,4,7,16-20,38H2,(H,42,50)(H,43,51)(H,44,52)(H,45,53)(H,48,49)(H,54,55)(H4,39,40,41)/t26-,27-,28-,29-,30-/m0/s1. The number of guanidine groups is 1. The van der Waals surface area contributed by atoms with Crippen LogP contribution in [0, 0.1) is 0 Å². The van der Waals surface area contributed by atoms with Gasteiger partial charge < -0.3 is 58.9 Å². The average Bonchev–Trinajstić information content (AvgIpc) is 3.13. The van der Waals surface area contributed by atoms with Crippen molar-refractivity contribution < 1.29 is 49.2 Å². The lowest BCUT2D eigenvalue weighted by Crippen LogP contribution is -2.59. The highest BCUT2D eigenvalue weighted by atomic mass is 16.4. The molecule has 4 amide bonds. The predicted molar refractivity (Wildman–Crippen MR) is 199 cm³/mol. The third-order valence-electron chi connectivity index (χ3n) is 8.23. The number of aliphatic imine (C=N–C) groups is 1. The van der Waals surface area contributed by atoms with Crippen molar-refractivity contribution in [3.05, 3.63) is 95.6 Å². The van der Waals surface area contributed by atoms with Crippen LogP contribution in [-0.4, -0.2) is 98.7 Å². The molecule has 0 spiro atoms. The molecule has 3 aromatic rings. The first-order chi connectivity index (χ1) is 26.1. The molecule has 0 bridgehead atoms. The third-order valence-corrected chi connectivity index (χ3v) is 8.23. The van der Waals surface area contributed by atoms with E-state index < -0.39 is 72.2 Å². The fraction of sp³-hybridized carbons (Fsp3) is 0.324. The minimum absolute atomic E-state index is 0.0360. The number of phenols is 2. The number of nitrogens with two attached hydrogens (primary N) is 3.